The van der Waals surface area contributed by atoms with E-state index in [0.29, 0.717) is 51.1 Å². The predicted octanol–water partition coefficient (Wildman–Crippen LogP) is 3.78. The number of aliphatic hydroxyl groups is 2. The van der Waals surface area contributed by atoms with Crippen molar-refractivity contribution in [1.82, 2.24) is 15.5 Å². The summed E-state index contributed by atoms with van der Waals surface area (Å²) >= 11 is 0. The Balaban J connectivity index is 1.71. The number of ether oxygens (including phenoxy) is 1. The van der Waals surface area contributed by atoms with Crippen molar-refractivity contribution >= 4 is 6.03 Å². The minimum absolute atomic E-state index is 0.199. The quantitative estimate of drug-likeness (QED) is 0.323. The first-order valence-electron chi connectivity index (χ1n) is 13.7. The third-order valence-electron chi connectivity index (χ3n) is 8.16. The molecule has 0 aromatic heterocycles. The van der Waals surface area contributed by atoms with Crippen molar-refractivity contribution in [2.45, 2.75) is 82.0 Å². The van der Waals surface area contributed by atoms with Crippen LogP contribution in [0.1, 0.15) is 69.8 Å². The molecule has 2 amide bonds. The Labute approximate surface area is 215 Å². The molecule has 2 aliphatic rings. The molecule has 1 aromatic rings. The lowest BCUT2D eigenvalue weighted by atomic mass is 9.74. The van der Waals surface area contributed by atoms with Gasteiger partial charge in [-0.15, -0.1) is 0 Å². The summed E-state index contributed by atoms with van der Waals surface area (Å²) in [6.45, 7) is 1.99. The number of urea groups is 1. The fourth-order valence-electron chi connectivity index (χ4n) is 6.09. The van der Waals surface area contributed by atoms with E-state index in [-0.39, 0.29) is 23.9 Å². The van der Waals surface area contributed by atoms with Crippen molar-refractivity contribution in [1.29, 1.82) is 0 Å². The molecular formula is C28H46FN3O4. The zero-order chi connectivity index (χ0) is 26.0. The maximum Gasteiger partial charge on any atom is 0.317 e. The lowest BCUT2D eigenvalue weighted by Crippen LogP contribution is -2.57. The Hall–Kier alpha value is -1.74. The first-order valence-corrected chi connectivity index (χ1v) is 13.7. The van der Waals surface area contributed by atoms with Gasteiger partial charge in [0.05, 0.1) is 17.7 Å². The monoisotopic (exact) mass is 507 g/mol. The molecule has 0 spiro atoms. The van der Waals surface area contributed by atoms with Crippen LogP contribution in [0.15, 0.2) is 24.3 Å². The molecule has 204 valence electrons. The number of likely N-dealkylation sites (N-methyl/N-ethyl adjacent to an activating group) is 1. The topological polar surface area (TPSA) is 94.1 Å². The van der Waals surface area contributed by atoms with Gasteiger partial charge >= 0.3 is 6.03 Å². The number of rotatable bonds is 12. The van der Waals surface area contributed by atoms with Gasteiger partial charge in [0.2, 0.25) is 0 Å². The van der Waals surface area contributed by atoms with Crippen LogP contribution in [0.2, 0.25) is 0 Å². The van der Waals surface area contributed by atoms with Crippen LogP contribution in [0.4, 0.5) is 9.18 Å². The molecule has 3 rings (SSSR count). The summed E-state index contributed by atoms with van der Waals surface area (Å²) in [6, 6.07) is 5.81. The second-order valence-corrected chi connectivity index (χ2v) is 10.6. The van der Waals surface area contributed by atoms with E-state index in [1.807, 2.05) is 7.05 Å². The fourth-order valence-corrected chi connectivity index (χ4v) is 6.09. The number of hydrogen-bond donors (Lipinski definition) is 4. The molecular weight excluding hydrogens is 461 g/mol. The molecule has 4 atom stereocenters. The van der Waals surface area contributed by atoms with Crippen LogP contribution in [0.25, 0.3) is 0 Å². The van der Waals surface area contributed by atoms with Gasteiger partial charge in [-0.25, -0.2) is 9.18 Å². The number of halogens is 1. The molecule has 8 heteroatoms. The van der Waals surface area contributed by atoms with Crippen LogP contribution < -0.4 is 10.6 Å². The summed E-state index contributed by atoms with van der Waals surface area (Å²) in [4.78, 5) is 15.1. The molecule has 0 radical (unpaired) electrons. The van der Waals surface area contributed by atoms with Gasteiger partial charge in [-0.2, -0.15) is 0 Å². The number of carbonyl (C=O) groups excluding carboxylic acids is 1. The summed E-state index contributed by atoms with van der Waals surface area (Å²) in [5.41, 5.74) is -1.07. The number of amides is 2. The summed E-state index contributed by atoms with van der Waals surface area (Å²) in [5, 5.41) is 29.1. The number of hydrogen-bond acceptors (Lipinski definition) is 5. The Morgan fingerprint density at radius 3 is 2.64 bits per heavy atom. The van der Waals surface area contributed by atoms with E-state index >= 15 is 0 Å². The van der Waals surface area contributed by atoms with Gasteiger partial charge in [-0.3, -0.25) is 0 Å². The molecule has 4 N–H and O–H groups in total. The smallest absolute Gasteiger partial charge is 0.317 e. The van der Waals surface area contributed by atoms with E-state index in [4.69, 9.17) is 4.74 Å². The van der Waals surface area contributed by atoms with Gasteiger partial charge in [0.1, 0.15) is 5.82 Å². The van der Waals surface area contributed by atoms with E-state index < -0.39 is 17.5 Å². The molecule has 0 unspecified atom stereocenters. The largest absolute Gasteiger partial charge is 0.391 e. The molecule has 1 aromatic carbocycles. The van der Waals surface area contributed by atoms with Gasteiger partial charge in [0, 0.05) is 44.8 Å². The maximum atomic E-state index is 14.9. The predicted molar refractivity (Wildman–Crippen MR) is 139 cm³/mol. The highest BCUT2D eigenvalue weighted by molar-refractivity contribution is 5.74. The van der Waals surface area contributed by atoms with Crippen LogP contribution in [0.5, 0.6) is 0 Å². The first kappa shape index (κ1) is 28.8. The molecule has 1 saturated carbocycles. The molecule has 7 nitrogen and oxygen atoms in total. The number of nitrogens with one attached hydrogen (secondary N) is 2. The third kappa shape index (κ3) is 7.40. The maximum absolute atomic E-state index is 14.9. The summed E-state index contributed by atoms with van der Waals surface area (Å²) in [6.07, 6.45) is 8.14. The standard InChI is InChI=1S/C28H46FN3O4/c1-30-19-25(26(33)21-11-4-3-5-12-21)31-27(34)32-17-10-13-22(20-32)28(35,16-8-9-18-36-2)23-14-6-7-15-24(23)29/h6-7,14-15,21-22,25-26,30,33,35H,3-5,8-13,16-20H2,1-2H3,(H,31,34)/t22-,25-,26+,28+/m1/s1. The minimum Gasteiger partial charge on any atom is -0.391 e. The molecule has 1 aliphatic heterocycles. The van der Waals surface area contributed by atoms with E-state index in [0.717, 1.165) is 38.5 Å². The molecule has 2 fully saturated rings. The Bertz CT molecular complexity index is 807. The molecule has 1 heterocycles. The van der Waals surface area contributed by atoms with Crippen molar-refractivity contribution in [3.8, 4) is 0 Å². The first-order chi connectivity index (χ1) is 17.4. The molecule has 0 bridgehead atoms. The van der Waals surface area contributed by atoms with Crippen molar-refractivity contribution in [2.75, 3.05) is 40.4 Å². The summed E-state index contributed by atoms with van der Waals surface area (Å²) in [5.74, 6) is -0.509. The number of nitrogens with zero attached hydrogens (tertiary/aromatic N) is 1. The van der Waals surface area contributed by atoms with Crippen molar-refractivity contribution in [3.05, 3.63) is 35.6 Å². The Morgan fingerprint density at radius 1 is 1.19 bits per heavy atom. The van der Waals surface area contributed by atoms with Crippen molar-refractivity contribution in [2.24, 2.45) is 11.8 Å². The minimum atomic E-state index is -1.37. The van der Waals surface area contributed by atoms with E-state index in [1.54, 1.807) is 30.2 Å². The normalized spacial score (nSPS) is 22.6. The fraction of sp³-hybridized carbons (Fsp3) is 0.750. The molecule has 36 heavy (non-hydrogen) atoms. The highest BCUT2D eigenvalue weighted by Crippen LogP contribution is 2.40. The van der Waals surface area contributed by atoms with Crippen LogP contribution in [-0.4, -0.2) is 73.7 Å². The summed E-state index contributed by atoms with van der Waals surface area (Å²) in [7, 11) is 3.47. The SMILES string of the molecule is CNC[C@@H](NC(=O)N1CCC[C@@H]([C@@](O)(CCCCOC)c2ccccc2F)C1)[C@@H](O)C1CCCCC1. The highest BCUT2D eigenvalue weighted by Gasteiger charge is 2.43. The molecule has 1 saturated heterocycles. The Morgan fingerprint density at radius 2 is 1.94 bits per heavy atom. The van der Waals surface area contributed by atoms with Crippen LogP contribution >= 0.6 is 0 Å². The highest BCUT2D eigenvalue weighted by atomic mass is 19.1. The average molecular weight is 508 g/mol. The van der Waals surface area contributed by atoms with Crippen molar-refractivity contribution in [3.63, 3.8) is 0 Å². The van der Waals surface area contributed by atoms with Gasteiger partial charge < -0.3 is 30.5 Å². The Kier molecular flexibility index (Phi) is 11.4. The van der Waals surface area contributed by atoms with Crippen LogP contribution in [0, 0.1) is 17.7 Å². The van der Waals surface area contributed by atoms with Gasteiger partial charge in [-0.05, 0) is 64.0 Å². The number of carbonyl (C=O) groups is 1. The van der Waals surface area contributed by atoms with Gasteiger partial charge in [0.15, 0.2) is 0 Å². The lowest BCUT2D eigenvalue weighted by Gasteiger charge is -2.43. The molecule has 1 aliphatic carbocycles. The van der Waals surface area contributed by atoms with Crippen molar-refractivity contribution < 1.29 is 24.1 Å². The van der Waals surface area contributed by atoms with Gasteiger partial charge in [0.25, 0.3) is 0 Å². The van der Waals surface area contributed by atoms with E-state index in [1.165, 1.54) is 12.5 Å². The number of methoxy groups -OCH3 is 1. The number of piperidine rings is 1. The second kappa shape index (κ2) is 14.3. The zero-order valence-corrected chi connectivity index (χ0v) is 22.1. The average Bonchev–Trinajstić information content (AvgIpc) is 2.91. The van der Waals surface area contributed by atoms with E-state index in [9.17, 15) is 19.4 Å². The number of aliphatic hydroxyl groups excluding tert-OH is 1. The number of benzene rings is 1. The van der Waals surface area contributed by atoms with Gasteiger partial charge in [-0.1, -0.05) is 37.5 Å². The van der Waals surface area contributed by atoms with Crippen LogP contribution in [-0.2, 0) is 10.3 Å². The van der Waals surface area contributed by atoms with E-state index in [2.05, 4.69) is 10.6 Å². The third-order valence-corrected chi connectivity index (χ3v) is 8.16. The second-order valence-electron chi connectivity index (χ2n) is 10.6. The van der Waals surface area contributed by atoms with Crippen LogP contribution in [0.3, 0.4) is 0 Å². The zero-order valence-electron chi connectivity index (χ0n) is 22.1. The number of unbranched alkanes of at least 4 members (excludes halogenated alkanes) is 1. The number of likely N-dealkylation sites (tertiary alicyclic amines) is 1. The summed E-state index contributed by atoms with van der Waals surface area (Å²) < 4.78 is 20.0. The lowest BCUT2D eigenvalue weighted by molar-refractivity contribution is -0.0590.